The molecule has 0 aliphatic carbocycles. The molecule has 0 saturated carbocycles. The van der Waals surface area contributed by atoms with Crippen molar-refractivity contribution in [3.8, 4) is 0 Å². The van der Waals surface area contributed by atoms with Crippen molar-refractivity contribution in [2.24, 2.45) is 12.2 Å². The van der Waals surface area contributed by atoms with Crippen LogP contribution < -0.4 is 0 Å². The molecule has 0 aliphatic rings. The number of aliphatic carboxylic acids is 1. The number of carbonyl (C=O) groups is 1. The van der Waals surface area contributed by atoms with E-state index >= 15 is 0 Å². The van der Waals surface area contributed by atoms with Crippen LogP contribution in [0.4, 0.5) is 0 Å². The zero-order valence-electron chi connectivity index (χ0n) is 8.89. The van der Waals surface area contributed by atoms with Crippen molar-refractivity contribution in [2.45, 2.75) is 13.8 Å². The summed E-state index contributed by atoms with van der Waals surface area (Å²) in [7, 11) is 1.81. The second kappa shape index (κ2) is 4.59. The first-order valence-electron chi connectivity index (χ1n) is 4.39. The van der Waals surface area contributed by atoms with Gasteiger partial charge in [-0.05, 0) is 13.8 Å². The van der Waals surface area contributed by atoms with E-state index in [4.69, 9.17) is 5.11 Å². The predicted octanol–water partition coefficient (Wildman–Crippen LogP) is 0.554. The fourth-order valence-electron chi connectivity index (χ4n) is 1.19. The van der Waals surface area contributed by atoms with Gasteiger partial charge in [0.1, 0.15) is 0 Å². The Bertz CT molecular complexity index is 395. The van der Waals surface area contributed by atoms with Crippen LogP contribution in [0.15, 0.2) is 11.4 Å². The molecule has 1 heterocycles. The van der Waals surface area contributed by atoms with E-state index in [1.54, 1.807) is 17.8 Å². The fourth-order valence-corrected chi connectivity index (χ4v) is 1.19. The Morgan fingerprint density at radius 1 is 1.73 bits per heavy atom. The molecule has 1 rings (SSSR count). The topological polar surface area (TPSA) is 76.7 Å². The third kappa shape index (κ3) is 3.08. The summed E-state index contributed by atoms with van der Waals surface area (Å²) >= 11 is 0. The van der Waals surface area contributed by atoms with Crippen LogP contribution in [0.3, 0.4) is 0 Å². The lowest BCUT2D eigenvalue weighted by Gasteiger charge is -1.97. The smallest absolute Gasteiger partial charge is 0.344 e. The van der Waals surface area contributed by atoms with Crippen molar-refractivity contribution < 1.29 is 14.7 Å². The Hall–Kier alpha value is -1.85. The van der Waals surface area contributed by atoms with E-state index in [2.05, 4.69) is 15.1 Å². The first-order chi connectivity index (χ1) is 7.00. The molecular formula is C9H13N3O3. The lowest BCUT2D eigenvalue weighted by atomic mass is 10.2. The summed E-state index contributed by atoms with van der Waals surface area (Å²) in [6.07, 6.45) is 1.80. The highest BCUT2D eigenvalue weighted by atomic mass is 16.6. The van der Waals surface area contributed by atoms with E-state index in [1.165, 1.54) is 0 Å². The number of hydrogen-bond acceptors (Lipinski definition) is 4. The molecule has 6 nitrogen and oxygen atoms in total. The summed E-state index contributed by atoms with van der Waals surface area (Å²) in [5, 5.41) is 16.2. The van der Waals surface area contributed by atoms with Crippen LogP contribution in [0.2, 0.25) is 0 Å². The van der Waals surface area contributed by atoms with Gasteiger partial charge in [-0.2, -0.15) is 5.10 Å². The molecule has 82 valence electrons. The maximum absolute atomic E-state index is 10.2. The molecule has 0 unspecified atom stereocenters. The van der Waals surface area contributed by atoms with Gasteiger partial charge >= 0.3 is 5.97 Å². The number of nitrogens with zero attached hydrogens (tertiary/aromatic N) is 3. The standard InChI is InChI=1S/C9H13N3O3/c1-6-8(4-12(3)10-6)7(2)11-15-5-9(13)14/h4H,5H2,1-3H3,(H,13,14). The monoisotopic (exact) mass is 211 g/mol. The SMILES string of the molecule is CC(=NOCC(=O)O)c1cn(C)nc1C. The van der Waals surface area contributed by atoms with Gasteiger partial charge in [0.2, 0.25) is 6.61 Å². The molecule has 1 aromatic rings. The van der Waals surface area contributed by atoms with Crippen molar-refractivity contribution in [1.29, 1.82) is 0 Å². The number of carboxylic acids is 1. The molecule has 6 heteroatoms. The van der Waals surface area contributed by atoms with E-state index < -0.39 is 12.6 Å². The number of carboxylic acid groups (broad SMARTS) is 1. The van der Waals surface area contributed by atoms with E-state index in [0.717, 1.165) is 11.3 Å². The van der Waals surface area contributed by atoms with E-state index in [9.17, 15) is 4.79 Å². The molecule has 0 atom stereocenters. The molecule has 0 amide bonds. The summed E-state index contributed by atoms with van der Waals surface area (Å²) in [6, 6.07) is 0. The highest BCUT2D eigenvalue weighted by Gasteiger charge is 2.06. The molecular weight excluding hydrogens is 198 g/mol. The number of aromatic nitrogens is 2. The van der Waals surface area contributed by atoms with E-state index in [-0.39, 0.29) is 0 Å². The van der Waals surface area contributed by atoms with Crippen LogP contribution in [0.25, 0.3) is 0 Å². The van der Waals surface area contributed by atoms with Crippen molar-refractivity contribution in [3.05, 3.63) is 17.5 Å². The minimum atomic E-state index is -1.05. The molecule has 1 aromatic heterocycles. The second-order valence-electron chi connectivity index (χ2n) is 3.15. The summed E-state index contributed by atoms with van der Waals surface area (Å²) in [4.78, 5) is 14.8. The van der Waals surface area contributed by atoms with Gasteiger partial charge in [-0.1, -0.05) is 5.16 Å². The zero-order valence-corrected chi connectivity index (χ0v) is 8.89. The largest absolute Gasteiger partial charge is 0.479 e. The minimum absolute atomic E-state index is 0.434. The van der Waals surface area contributed by atoms with Gasteiger partial charge < -0.3 is 9.94 Å². The minimum Gasteiger partial charge on any atom is -0.479 e. The molecule has 1 N–H and O–H groups in total. The number of aryl methyl sites for hydroxylation is 2. The molecule has 15 heavy (non-hydrogen) atoms. The Morgan fingerprint density at radius 2 is 2.40 bits per heavy atom. The van der Waals surface area contributed by atoms with Gasteiger partial charge in [0.15, 0.2) is 0 Å². The average molecular weight is 211 g/mol. The fraction of sp³-hybridized carbons (Fsp3) is 0.444. The lowest BCUT2D eigenvalue weighted by Crippen LogP contribution is -2.05. The maximum Gasteiger partial charge on any atom is 0.344 e. The third-order valence-corrected chi connectivity index (χ3v) is 1.79. The number of oxime groups is 1. The molecule has 0 saturated heterocycles. The van der Waals surface area contributed by atoms with Crippen LogP contribution in [0.1, 0.15) is 18.2 Å². The Kier molecular flexibility index (Phi) is 3.43. The Morgan fingerprint density at radius 3 is 2.87 bits per heavy atom. The van der Waals surface area contributed by atoms with Gasteiger partial charge in [-0.3, -0.25) is 4.68 Å². The predicted molar refractivity (Wildman–Crippen MR) is 53.7 cm³/mol. The second-order valence-corrected chi connectivity index (χ2v) is 3.15. The molecule has 0 radical (unpaired) electrons. The van der Waals surface area contributed by atoms with E-state index in [0.29, 0.717) is 5.71 Å². The highest BCUT2D eigenvalue weighted by molar-refractivity contribution is 5.99. The van der Waals surface area contributed by atoms with Crippen molar-refractivity contribution >= 4 is 11.7 Å². The number of hydrogen-bond donors (Lipinski definition) is 1. The van der Waals surface area contributed by atoms with Gasteiger partial charge in [0.25, 0.3) is 0 Å². The quantitative estimate of drug-likeness (QED) is 0.583. The van der Waals surface area contributed by atoms with Crippen molar-refractivity contribution in [1.82, 2.24) is 9.78 Å². The highest BCUT2D eigenvalue weighted by Crippen LogP contribution is 2.06. The van der Waals surface area contributed by atoms with Crippen LogP contribution in [0.5, 0.6) is 0 Å². The van der Waals surface area contributed by atoms with Gasteiger partial charge in [-0.25, -0.2) is 4.79 Å². The third-order valence-electron chi connectivity index (χ3n) is 1.79. The summed E-state index contributed by atoms with van der Waals surface area (Å²) in [5.74, 6) is -1.05. The average Bonchev–Trinajstić information content (AvgIpc) is 2.44. The van der Waals surface area contributed by atoms with E-state index in [1.807, 2.05) is 14.0 Å². The molecule has 0 bridgehead atoms. The van der Waals surface area contributed by atoms with Crippen molar-refractivity contribution in [3.63, 3.8) is 0 Å². The first-order valence-corrected chi connectivity index (χ1v) is 4.39. The molecule has 0 spiro atoms. The normalized spacial score (nSPS) is 11.5. The van der Waals surface area contributed by atoms with Crippen LogP contribution in [-0.4, -0.2) is 33.2 Å². The van der Waals surface area contributed by atoms with Crippen molar-refractivity contribution in [2.75, 3.05) is 6.61 Å². The lowest BCUT2D eigenvalue weighted by molar-refractivity contribution is -0.142. The van der Waals surface area contributed by atoms with Crippen LogP contribution in [-0.2, 0) is 16.7 Å². The summed E-state index contributed by atoms with van der Waals surface area (Å²) in [5.41, 5.74) is 2.29. The van der Waals surface area contributed by atoms with Gasteiger partial charge in [-0.15, -0.1) is 0 Å². The Labute approximate surface area is 87.1 Å². The summed E-state index contributed by atoms with van der Waals surface area (Å²) < 4.78 is 1.67. The van der Waals surface area contributed by atoms with Gasteiger partial charge in [0, 0.05) is 18.8 Å². The molecule has 0 aliphatic heterocycles. The van der Waals surface area contributed by atoms with Crippen LogP contribution in [0, 0.1) is 6.92 Å². The number of rotatable bonds is 4. The zero-order chi connectivity index (χ0) is 11.4. The van der Waals surface area contributed by atoms with Crippen LogP contribution >= 0.6 is 0 Å². The molecule has 0 fully saturated rings. The summed E-state index contributed by atoms with van der Waals surface area (Å²) in [6.45, 7) is 3.16. The van der Waals surface area contributed by atoms with Gasteiger partial charge in [0.05, 0.1) is 11.4 Å². The maximum atomic E-state index is 10.2. The Balaban J connectivity index is 2.71. The molecule has 0 aromatic carbocycles. The first kappa shape index (κ1) is 11.2.